The quantitative estimate of drug-likeness (QED) is 0.824. The normalized spacial score (nSPS) is 16.2. The summed E-state index contributed by atoms with van der Waals surface area (Å²) in [6.45, 7) is 6.31. The van der Waals surface area contributed by atoms with E-state index in [9.17, 15) is 0 Å². The zero-order valence-electron chi connectivity index (χ0n) is 10.7. The number of para-hydroxylation sites is 1. The molecule has 1 aromatic carbocycles. The van der Waals surface area contributed by atoms with Gasteiger partial charge in [0.2, 0.25) is 0 Å². The number of nitrogens with zero attached hydrogens (tertiary/aromatic N) is 1. The largest absolute Gasteiger partial charge is 0.372 e. The van der Waals surface area contributed by atoms with E-state index < -0.39 is 0 Å². The second-order valence-corrected chi connectivity index (χ2v) is 3.93. The van der Waals surface area contributed by atoms with Crippen molar-refractivity contribution in [1.82, 2.24) is 5.32 Å². The number of hydrogen-bond donors (Lipinski definition) is 1. The minimum absolute atomic E-state index is 0.707. The zero-order chi connectivity index (χ0) is 11.8. The Bertz CT molecular complexity index is 265. The molecule has 0 bridgehead atoms. The van der Waals surface area contributed by atoms with Gasteiger partial charge < -0.3 is 10.2 Å². The van der Waals surface area contributed by atoms with Crippen LogP contribution in [-0.4, -0.2) is 26.2 Å². The van der Waals surface area contributed by atoms with Crippen molar-refractivity contribution in [1.29, 1.82) is 0 Å². The highest BCUT2D eigenvalue weighted by molar-refractivity contribution is 5.46. The third-order valence-electron chi connectivity index (χ3n) is 3.02. The van der Waals surface area contributed by atoms with Crippen molar-refractivity contribution in [3.05, 3.63) is 30.3 Å². The summed E-state index contributed by atoms with van der Waals surface area (Å²) in [6, 6.07) is 11.3. The van der Waals surface area contributed by atoms with Crippen LogP contribution in [0.3, 0.4) is 0 Å². The van der Waals surface area contributed by atoms with Crippen LogP contribution in [0.4, 0.5) is 5.69 Å². The van der Waals surface area contributed by atoms with Crippen molar-refractivity contribution < 1.29 is 0 Å². The molecule has 90 valence electrons. The molecule has 1 aliphatic heterocycles. The molecule has 16 heavy (non-hydrogen) atoms. The van der Waals surface area contributed by atoms with Gasteiger partial charge in [-0.2, -0.15) is 0 Å². The van der Waals surface area contributed by atoms with Gasteiger partial charge >= 0.3 is 0 Å². The van der Waals surface area contributed by atoms with Crippen molar-refractivity contribution in [2.75, 3.05) is 25.0 Å². The molecule has 0 radical (unpaired) electrons. The molecule has 1 aromatic rings. The predicted octanol–water partition coefficient (Wildman–Crippen LogP) is 2.90. The Morgan fingerprint density at radius 3 is 2.19 bits per heavy atom. The molecular formula is C14H24N2. The van der Waals surface area contributed by atoms with Crippen LogP contribution >= 0.6 is 0 Å². The van der Waals surface area contributed by atoms with Crippen LogP contribution in [0, 0.1) is 0 Å². The number of nitrogens with one attached hydrogen (secondary N) is 1. The van der Waals surface area contributed by atoms with Gasteiger partial charge in [-0.1, -0.05) is 32.0 Å². The summed E-state index contributed by atoms with van der Waals surface area (Å²) in [5.74, 6) is 0. The van der Waals surface area contributed by atoms with Gasteiger partial charge in [0.25, 0.3) is 0 Å². The fourth-order valence-electron chi connectivity index (χ4n) is 2.07. The molecule has 2 heteroatoms. The molecule has 0 amide bonds. The smallest absolute Gasteiger partial charge is 0.0366 e. The summed E-state index contributed by atoms with van der Waals surface area (Å²) in [4.78, 5) is 2.40. The first-order valence-electron chi connectivity index (χ1n) is 6.36. The Morgan fingerprint density at radius 1 is 1.06 bits per heavy atom. The van der Waals surface area contributed by atoms with E-state index in [2.05, 4.69) is 47.6 Å². The topological polar surface area (TPSA) is 15.3 Å². The lowest BCUT2D eigenvalue weighted by atomic mass is 10.0. The first-order chi connectivity index (χ1) is 7.88. The first-order valence-corrected chi connectivity index (χ1v) is 6.36. The average Bonchev–Trinajstić information content (AvgIpc) is 2.42. The minimum atomic E-state index is 0.707. The Labute approximate surface area is 99.7 Å². The Balaban J connectivity index is 0.000000606. The maximum Gasteiger partial charge on any atom is 0.0366 e. The summed E-state index contributed by atoms with van der Waals surface area (Å²) in [7, 11) is 2.20. The number of anilines is 1. The molecule has 2 rings (SSSR count). The zero-order valence-corrected chi connectivity index (χ0v) is 10.7. The molecule has 0 aliphatic carbocycles. The summed E-state index contributed by atoms with van der Waals surface area (Å²) < 4.78 is 0. The average molecular weight is 220 g/mol. The molecule has 0 aromatic heterocycles. The van der Waals surface area contributed by atoms with Crippen LogP contribution in [0.15, 0.2) is 30.3 Å². The maximum absolute atomic E-state index is 3.39. The van der Waals surface area contributed by atoms with Gasteiger partial charge in [-0.15, -0.1) is 0 Å². The van der Waals surface area contributed by atoms with E-state index in [0.29, 0.717) is 6.04 Å². The van der Waals surface area contributed by atoms with Crippen molar-refractivity contribution >= 4 is 5.69 Å². The molecule has 1 N–H and O–H groups in total. The molecule has 0 saturated carbocycles. The molecule has 1 heterocycles. The molecule has 1 fully saturated rings. The third-order valence-corrected chi connectivity index (χ3v) is 3.02. The second-order valence-electron chi connectivity index (χ2n) is 3.93. The Kier molecular flexibility index (Phi) is 5.94. The number of rotatable bonds is 2. The first kappa shape index (κ1) is 13.0. The lowest BCUT2D eigenvalue weighted by Crippen LogP contribution is -2.41. The van der Waals surface area contributed by atoms with Gasteiger partial charge in [-0.3, -0.25) is 0 Å². The van der Waals surface area contributed by atoms with Crippen LogP contribution < -0.4 is 10.2 Å². The molecule has 1 saturated heterocycles. The van der Waals surface area contributed by atoms with Crippen molar-refractivity contribution in [2.24, 2.45) is 0 Å². The number of piperidine rings is 1. The van der Waals surface area contributed by atoms with Gasteiger partial charge in [0.1, 0.15) is 0 Å². The van der Waals surface area contributed by atoms with Gasteiger partial charge in [0, 0.05) is 18.8 Å². The number of hydrogen-bond acceptors (Lipinski definition) is 2. The summed E-state index contributed by atoms with van der Waals surface area (Å²) >= 11 is 0. The summed E-state index contributed by atoms with van der Waals surface area (Å²) in [5, 5.41) is 3.39. The molecule has 0 unspecified atom stereocenters. The highest BCUT2D eigenvalue weighted by atomic mass is 15.1. The van der Waals surface area contributed by atoms with Crippen molar-refractivity contribution in [3.8, 4) is 0 Å². The van der Waals surface area contributed by atoms with Crippen LogP contribution in [-0.2, 0) is 0 Å². The van der Waals surface area contributed by atoms with E-state index in [1.54, 1.807) is 0 Å². The van der Waals surface area contributed by atoms with Crippen LogP contribution in [0.2, 0.25) is 0 Å². The number of benzene rings is 1. The van der Waals surface area contributed by atoms with Gasteiger partial charge in [0.05, 0.1) is 0 Å². The van der Waals surface area contributed by atoms with E-state index in [-0.39, 0.29) is 0 Å². The van der Waals surface area contributed by atoms with Crippen LogP contribution in [0.5, 0.6) is 0 Å². The fraction of sp³-hybridized carbons (Fsp3) is 0.571. The van der Waals surface area contributed by atoms with Crippen LogP contribution in [0.25, 0.3) is 0 Å². The van der Waals surface area contributed by atoms with Gasteiger partial charge in [-0.25, -0.2) is 0 Å². The van der Waals surface area contributed by atoms with E-state index in [4.69, 9.17) is 0 Å². The highest BCUT2D eigenvalue weighted by Gasteiger charge is 2.17. The van der Waals surface area contributed by atoms with E-state index in [1.165, 1.54) is 18.5 Å². The monoisotopic (exact) mass is 220 g/mol. The Morgan fingerprint density at radius 2 is 1.62 bits per heavy atom. The molecule has 2 nitrogen and oxygen atoms in total. The molecular weight excluding hydrogens is 196 g/mol. The van der Waals surface area contributed by atoms with Crippen molar-refractivity contribution in [2.45, 2.75) is 32.7 Å². The van der Waals surface area contributed by atoms with Gasteiger partial charge in [0.15, 0.2) is 0 Å². The Hall–Kier alpha value is -1.02. The lowest BCUT2D eigenvalue weighted by Gasteiger charge is -2.33. The fourth-order valence-corrected chi connectivity index (χ4v) is 2.07. The summed E-state index contributed by atoms with van der Waals surface area (Å²) in [5.41, 5.74) is 1.33. The summed E-state index contributed by atoms with van der Waals surface area (Å²) in [6.07, 6.45) is 2.51. The molecule has 1 aliphatic rings. The lowest BCUT2D eigenvalue weighted by molar-refractivity contribution is 0.443. The van der Waals surface area contributed by atoms with E-state index in [0.717, 1.165) is 13.1 Å². The third kappa shape index (κ3) is 3.53. The van der Waals surface area contributed by atoms with E-state index >= 15 is 0 Å². The minimum Gasteiger partial charge on any atom is -0.372 e. The SMILES string of the molecule is CC.CN(c1ccccc1)C1CCNCC1. The standard InChI is InChI=1S/C12H18N2.C2H6/c1-14(11-5-3-2-4-6-11)12-7-9-13-10-8-12;1-2/h2-6,12-13H,7-10H2,1H3;1-2H3. The molecule has 0 atom stereocenters. The highest BCUT2D eigenvalue weighted by Crippen LogP contribution is 2.18. The van der Waals surface area contributed by atoms with Crippen molar-refractivity contribution in [3.63, 3.8) is 0 Å². The molecule has 0 spiro atoms. The second kappa shape index (κ2) is 7.29. The predicted molar refractivity (Wildman–Crippen MR) is 72.1 cm³/mol. The van der Waals surface area contributed by atoms with Crippen LogP contribution in [0.1, 0.15) is 26.7 Å². The van der Waals surface area contributed by atoms with E-state index in [1.807, 2.05) is 13.8 Å². The van der Waals surface area contributed by atoms with Gasteiger partial charge in [-0.05, 0) is 38.1 Å². The maximum atomic E-state index is 3.39.